The number of carbonyl (C=O) groups excluding carboxylic acids is 1. The van der Waals surface area contributed by atoms with Gasteiger partial charge in [-0.3, -0.25) is 9.63 Å². The molecule has 2 heterocycles. The van der Waals surface area contributed by atoms with E-state index >= 15 is 0 Å². The van der Waals surface area contributed by atoms with Crippen molar-refractivity contribution < 1.29 is 34.4 Å². The summed E-state index contributed by atoms with van der Waals surface area (Å²) in [6.07, 6.45) is 9.71. The highest BCUT2D eigenvalue weighted by atomic mass is 16.7. The van der Waals surface area contributed by atoms with E-state index in [0.29, 0.717) is 24.0 Å². The normalized spacial score (nSPS) is 52.8. The largest absolute Gasteiger partial charge is 0.394 e. The van der Waals surface area contributed by atoms with Crippen LogP contribution in [-0.4, -0.2) is 71.1 Å². The van der Waals surface area contributed by atoms with Gasteiger partial charge in [0.05, 0.1) is 30.8 Å². The molecule has 7 aliphatic rings. The van der Waals surface area contributed by atoms with Gasteiger partial charge in [-0.25, -0.2) is 5.48 Å². The fourth-order valence-corrected chi connectivity index (χ4v) is 12.6. The van der Waals surface area contributed by atoms with Crippen LogP contribution in [0, 0.1) is 50.2 Å². The molecule has 0 bridgehead atoms. The van der Waals surface area contributed by atoms with Crippen molar-refractivity contribution in [3.63, 3.8) is 0 Å². The van der Waals surface area contributed by atoms with Crippen molar-refractivity contribution in [2.45, 2.75) is 149 Å². The number of hydrogen-bond acceptors (Lipinski definition) is 7. The summed E-state index contributed by atoms with van der Waals surface area (Å²) >= 11 is 0. The van der Waals surface area contributed by atoms with Gasteiger partial charge in [-0.2, -0.15) is 0 Å². The van der Waals surface area contributed by atoms with E-state index in [1.807, 2.05) is 0 Å². The number of amides is 1. The van der Waals surface area contributed by atoms with Crippen LogP contribution < -0.4 is 5.48 Å². The van der Waals surface area contributed by atoms with E-state index in [1.54, 1.807) is 0 Å². The SMILES string of the molecule is CC1(C)CC[C@]2(C(=O)NOC3COC(CO)[C@@H](O)C3O)CC[C@]3(C)C(=CCC4[C@@]5(C)CCC6OC6C(C)(C)C5CC[C@]43C)C2C1. The molecule has 8 nitrogen and oxygen atoms in total. The quantitative estimate of drug-likeness (QED) is 0.194. The van der Waals surface area contributed by atoms with Gasteiger partial charge >= 0.3 is 0 Å². The molecule has 0 radical (unpaired) electrons. The first-order valence-corrected chi connectivity index (χ1v) is 17.9. The lowest BCUT2D eigenvalue weighted by Gasteiger charge is -2.70. The van der Waals surface area contributed by atoms with Crippen LogP contribution >= 0.6 is 0 Å². The van der Waals surface area contributed by atoms with Crippen molar-refractivity contribution in [1.29, 1.82) is 0 Å². The molecule has 7 rings (SSSR count). The third-order valence-corrected chi connectivity index (χ3v) is 15.6. The number of carbonyl (C=O) groups is 1. The van der Waals surface area contributed by atoms with E-state index in [-0.39, 0.29) is 45.5 Å². The van der Waals surface area contributed by atoms with E-state index in [2.05, 4.69) is 60.0 Å². The highest BCUT2D eigenvalue weighted by Gasteiger charge is 2.70. The molecule has 0 aromatic carbocycles. The Kier molecular flexibility index (Phi) is 7.57. The molecule has 254 valence electrons. The summed E-state index contributed by atoms with van der Waals surface area (Å²) in [4.78, 5) is 20.1. The van der Waals surface area contributed by atoms with Crippen molar-refractivity contribution >= 4 is 5.91 Å². The van der Waals surface area contributed by atoms with Gasteiger partial charge in [-0.15, -0.1) is 0 Å². The summed E-state index contributed by atoms with van der Waals surface area (Å²) < 4.78 is 11.7. The molecule has 4 saturated carbocycles. The number of fused-ring (bicyclic) bond motifs is 8. The number of ether oxygens (including phenoxy) is 2. The molecule has 5 aliphatic carbocycles. The Bertz CT molecular complexity index is 1230. The minimum Gasteiger partial charge on any atom is -0.394 e. The van der Waals surface area contributed by atoms with Crippen molar-refractivity contribution in [2.75, 3.05) is 13.2 Å². The molecule has 0 spiro atoms. The molecule has 0 aromatic rings. The van der Waals surface area contributed by atoms with Gasteiger partial charge in [-0.05, 0) is 109 Å². The van der Waals surface area contributed by atoms with Crippen LogP contribution in [-0.2, 0) is 19.1 Å². The number of hydrogen-bond donors (Lipinski definition) is 4. The Morgan fingerprint density at radius 3 is 2.42 bits per heavy atom. The fraction of sp³-hybridized carbons (Fsp3) is 0.919. The molecule has 6 fully saturated rings. The van der Waals surface area contributed by atoms with Gasteiger partial charge in [0.15, 0.2) is 0 Å². The Labute approximate surface area is 270 Å². The number of allylic oxidation sites excluding steroid dienone is 2. The Hall–Kier alpha value is -1.03. The predicted molar refractivity (Wildman–Crippen MR) is 170 cm³/mol. The van der Waals surface area contributed by atoms with Gasteiger partial charge in [-0.1, -0.05) is 60.1 Å². The highest BCUT2D eigenvalue weighted by molar-refractivity contribution is 5.83. The van der Waals surface area contributed by atoms with Crippen LogP contribution in [0.3, 0.4) is 0 Å². The second-order valence-corrected chi connectivity index (χ2v) is 18.4. The van der Waals surface area contributed by atoms with Crippen molar-refractivity contribution in [3.8, 4) is 0 Å². The molecule has 13 atom stereocenters. The van der Waals surface area contributed by atoms with Gasteiger partial charge < -0.3 is 24.8 Å². The summed E-state index contributed by atoms with van der Waals surface area (Å²) in [6, 6.07) is 0. The summed E-state index contributed by atoms with van der Waals surface area (Å²) in [7, 11) is 0. The Balaban J connectivity index is 1.18. The van der Waals surface area contributed by atoms with Crippen LogP contribution in [0.15, 0.2) is 11.6 Å². The smallest absolute Gasteiger partial charge is 0.250 e. The van der Waals surface area contributed by atoms with Gasteiger partial charge in [0.2, 0.25) is 5.91 Å². The van der Waals surface area contributed by atoms with E-state index in [4.69, 9.17) is 14.3 Å². The molecule has 8 unspecified atom stereocenters. The molecule has 2 aliphatic heterocycles. The third-order valence-electron chi connectivity index (χ3n) is 15.6. The topological polar surface area (TPSA) is 121 Å². The first-order chi connectivity index (χ1) is 21.0. The van der Waals surface area contributed by atoms with Crippen LogP contribution in [0.25, 0.3) is 0 Å². The maximum absolute atomic E-state index is 14.3. The first kappa shape index (κ1) is 32.5. The zero-order valence-corrected chi connectivity index (χ0v) is 28.7. The zero-order valence-electron chi connectivity index (χ0n) is 28.7. The monoisotopic (exact) mass is 629 g/mol. The Morgan fingerprint density at radius 1 is 0.956 bits per heavy atom. The van der Waals surface area contributed by atoms with E-state index in [9.17, 15) is 20.1 Å². The summed E-state index contributed by atoms with van der Waals surface area (Å²) in [5, 5.41) is 30.4. The fourth-order valence-electron chi connectivity index (χ4n) is 12.6. The first-order valence-electron chi connectivity index (χ1n) is 17.9. The zero-order chi connectivity index (χ0) is 32.4. The van der Waals surface area contributed by atoms with Crippen molar-refractivity contribution in [3.05, 3.63) is 11.6 Å². The highest BCUT2D eigenvalue weighted by Crippen LogP contribution is 2.76. The predicted octanol–water partition coefficient (Wildman–Crippen LogP) is 5.08. The molecule has 8 heteroatoms. The minimum atomic E-state index is -1.28. The van der Waals surface area contributed by atoms with Crippen LogP contribution in [0.1, 0.15) is 113 Å². The molecule has 2 saturated heterocycles. The van der Waals surface area contributed by atoms with E-state index in [0.717, 1.165) is 38.5 Å². The standard InChI is InChI=1S/C37H59NO7/c1-32(2)14-16-37(31(42)38-45-25-20-43-24(19-39)28(40)29(25)41)17-15-35(6)21(22(37)18-32)8-9-27-34(5)12-10-23-30(44-23)33(3,4)26(34)11-13-36(27,35)7/h8,22-30,39-41H,9-20H2,1-7H3,(H,38,42)/t22?,23?,24?,25?,26?,27?,28-,29?,30?,34+,35-,36-,37+/m1/s1. The molecular formula is C37H59NO7. The number of hydroxylamine groups is 1. The van der Waals surface area contributed by atoms with Crippen molar-refractivity contribution in [2.24, 2.45) is 50.2 Å². The second kappa shape index (κ2) is 10.5. The minimum absolute atomic E-state index is 0.0135. The summed E-state index contributed by atoms with van der Waals surface area (Å²) in [6.45, 7) is 17.0. The van der Waals surface area contributed by atoms with Crippen LogP contribution in [0.2, 0.25) is 0 Å². The second-order valence-electron chi connectivity index (χ2n) is 18.4. The van der Waals surface area contributed by atoms with Crippen molar-refractivity contribution in [1.82, 2.24) is 5.48 Å². The summed E-state index contributed by atoms with van der Waals surface area (Å²) in [5.74, 6) is 1.29. The molecule has 1 amide bonds. The molecule has 45 heavy (non-hydrogen) atoms. The Morgan fingerprint density at radius 2 is 1.69 bits per heavy atom. The molecule has 4 N–H and O–H groups in total. The van der Waals surface area contributed by atoms with Crippen LogP contribution in [0.4, 0.5) is 0 Å². The summed E-state index contributed by atoms with van der Waals surface area (Å²) in [5.41, 5.74) is 4.51. The lowest BCUT2D eigenvalue weighted by atomic mass is 9.34. The molecule has 0 aromatic heterocycles. The average molecular weight is 630 g/mol. The van der Waals surface area contributed by atoms with E-state index < -0.39 is 36.4 Å². The van der Waals surface area contributed by atoms with Crippen LogP contribution in [0.5, 0.6) is 0 Å². The van der Waals surface area contributed by atoms with Gasteiger partial charge in [0, 0.05) is 0 Å². The number of aliphatic hydroxyl groups excluding tert-OH is 3. The number of rotatable bonds is 4. The lowest BCUT2D eigenvalue weighted by Crippen LogP contribution is -2.64. The lowest BCUT2D eigenvalue weighted by molar-refractivity contribution is -0.227. The maximum atomic E-state index is 14.3. The third kappa shape index (κ3) is 4.55. The van der Waals surface area contributed by atoms with Gasteiger partial charge in [0.1, 0.15) is 24.4 Å². The number of epoxide rings is 1. The van der Waals surface area contributed by atoms with E-state index in [1.165, 1.54) is 31.3 Å². The maximum Gasteiger partial charge on any atom is 0.250 e. The number of aliphatic hydroxyl groups is 3. The average Bonchev–Trinajstić information content (AvgIpc) is 3.78. The van der Waals surface area contributed by atoms with Gasteiger partial charge in [0.25, 0.3) is 0 Å². The number of nitrogens with one attached hydrogen (secondary N) is 1. The molecular weight excluding hydrogens is 570 g/mol.